The molecule has 0 aliphatic rings. The van der Waals surface area contributed by atoms with Crippen LogP contribution in [0.15, 0.2) is 18.2 Å². The minimum absolute atomic E-state index is 0.0890. The molecule has 0 radical (unpaired) electrons. The third-order valence-electron chi connectivity index (χ3n) is 2.29. The molecule has 1 aromatic rings. The Balaban J connectivity index is 2.91. The fraction of sp³-hybridized carbons (Fsp3) is 0.273. The molecular formula is C11H11N5O2. The van der Waals surface area contributed by atoms with Crippen LogP contribution >= 0.6 is 0 Å². The third kappa shape index (κ3) is 3.44. The number of rotatable bonds is 5. The summed E-state index contributed by atoms with van der Waals surface area (Å²) in [4.78, 5) is 11.7. The summed E-state index contributed by atoms with van der Waals surface area (Å²) in [5.41, 5.74) is 6.05. The Bertz CT molecular complexity index is 513. The van der Waals surface area contributed by atoms with E-state index in [1.165, 1.54) is 12.1 Å². The van der Waals surface area contributed by atoms with Gasteiger partial charge in [-0.2, -0.15) is 10.5 Å². The Kier molecular flexibility index (Phi) is 4.61. The fourth-order valence-corrected chi connectivity index (χ4v) is 1.47. The number of nitro benzene ring substituents is 1. The number of nitrogens with two attached hydrogens (primary N) is 1. The minimum atomic E-state index is -0.558. The predicted octanol–water partition coefficient (Wildman–Crippen LogP) is 1.03. The van der Waals surface area contributed by atoms with Crippen LogP contribution in [0, 0.1) is 32.8 Å². The predicted molar refractivity (Wildman–Crippen MR) is 64.0 cm³/mol. The van der Waals surface area contributed by atoms with E-state index in [1.54, 1.807) is 11.0 Å². The van der Waals surface area contributed by atoms with Gasteiger partial charge in [0.1, 0.15) is 5.69 Å². The first kappa shape index (κ1) is 13.4. The van der Waals surface area contributed by atoms with E-state index in [4.69, 9.17) is 16.3 Å². The van der Waals surface area contributed by atoms with E-state index in [2.05, 4.69) is 0 Å². The molecule has 7 nitrogen and oxygen atoms in total. The summed E-state index contributed by atoms with van der Waals surface area (Å²) in [7, 11) is 0. The van der Waals surface area contributed by atoms with Gasteiger partial charge < -0.3 is 5.73 Å². The van der Waals surface area contributed by atoms with Gasteiger partial charge in [0, 0.05) is 12.6 Å². The monoisotopic (exact) mass is 245 g/mol. The zero-order valence-electron chi connectivity index (χ0n) is 9.54. The zero-order chi connectivity index (χ0) is 13.5. The highest BCUT2D eigenvalue weighted by molar-refractivity contribution is 5.59. The Hall–Kier alpha value is -2.64. The van der Waals surface area contributed by atoms with Crippen molar-refractivity contribution in [3.8, 4) is 12.1 Å². The second-order valence-corrected chi connectivity index (χ2v) is 3.61. The largest absolute Gasteiger partial charge is 0.393 e. The highest BCUT2D eigenvalue weighted by Crippen LogP contribution is 2.22. The van der Waals surface area contributed by atoms with Gasteiger partial charge >= 0.3 is 0 Å². The fourth-order valence-electron chi connectivity index (χ4n) is 1.47. The quantitative estimate of drug-likeness (QED) is 0.358. The van der Waals surface area contributed by atoms with Crippen molar-refractivity contribution in [2.45, 2.75) is 6.54 Å². The lowest BCUT2D eigenvalue weighted by atomic mass is 10.1. The van der Waals surface area contributed by atoms with Gasteiger partial charge in [0.05, 0.1) is 30.2 Å². The molecule has 2 N–H and O–H groups in total. The first-order valence-electron chi connectivity index (χ1n) is 5.07. The molecule has 0 aliphatic carbocycles. The van der Waals surface area contributed by atoms with Crippen molar-refractivity contribution < 1.29 is 4.92 Å². The molecule has 18 heavy (non-hydrogen) atoms. The van der Waals surface area contributed by atoms with Crippen molar-refractivity contribution in [1.29, 1.82) is 10.5 Å². The Labute approximate surface area is 104 Å². The second-order valence-electron chi connectivity index (χ2n) is 3.61. The van der Waals surface area contributed by atoms with Gasteiger partial charge in [-0.05, 0) is 11.6 Å². The maximum Gasteiger partial charge on any atom is 0.292 e. The summed E-state index contributed by atoms with van der Waals surface area (Å²) in [5.74, 6) is 0. The zero-order valence-corrected chi connectivity index (χ0v) is 9.54. The lowest BCUT2D eigenvalue weighted by molar-refractivity contribution is -0.384. The standard InChI is InChI=1S/C11H11N5O2/c12-3-5-15(6-4-13)8-9-1-2-10(14)11(7-9)16(17)18/h1-2,7H,5-6,8,14H2. The summed E-state index contributed by atoms with van der Waals surface area (Å²) >= 11 is 0. The number of anilines is 1. The van der Waals surface area contributed by atoms with Crippen molar-refractivity contribution in [2.24, 2.45) is 0 Å². The maximum absolute atomic E-state index is 10.7. The second kappa shape index (κ2) is 6.18. The summed E-state index contributed by atoms with van der Waals surface area (Å²) in [6.07, 6.45) is 0. The molecular weight excluding hydrogens is 234 g/mol. The van der Waals surface area contributed by atoms with E-state index in [9.17, 15) is 10.1 Å². The summed E-state index contributed by atoms with van der Waals surface area (Å²) in [6, 6.07) is 8.33. The number of nitro groups is 1. The number of nitriles is 2. The molecule has 7 heteroatoms. The SMILES string of the molecule is N#CCN(CC#N)Cc1ccc(N)c([N+](=O)[O-])c1. The Morgan fingerprint density at radius 3 is 2.44 bits per heavy atom. The summed E-state index contributed by atoms with van der Waals surface area (Å²) < 4.78 is 0. The molecule has 0 unspecified atom stereocenters. The molecule has 0 amide bonds. The highest BCUT2D eigenvalue weighted by Gasteiger charge is 2.13. The van der Waals surface area contributed by atoms with Gasteiger partial charge in [0.2, 0.25) is 0 Å². The van der Waals surface area contributed by atoms with E-state index in [1.807, 2.05) is 12.1 Å². The molecule has 1 aromatic carbocycles. The van der Waals surface area contributed by atoms with E-state index >= 15 is 0 Å². The van der Waals surface area contributed by atoms with Crippen LogP contribution in [0.2, 0.25) is 0 Å². The van der Waals surface area contributed by atoms with E-state index < -0.39 is 4.92 Å². The number of hydrogen-bond donors (Lipinski definition) is 1. The lowest BCUT2D eigenvalue weighted by Crippen LogP contribution is -2.23. The number of hydrogen-bond acceptors (Lipinski definition) is 6. The molecule has 92 valence electrons. The van der Waals surface area contributed by atoms with Crippen molar-refractivity contribution in [3.05, 3.63) is 33.9 Å². The van der Waals surface area contributed by atoms with Gasteiger partial charge in [0.15, 0.2) is 0 Å². The number of nitrogen functional groups attached to an aromatic ring is 1. The van der Waals surface area contributed by atoms with Crippen molar-refractivity contribution in [2.75, 3.05) is 18.8 Å². The van der Waals surface area contributed by atoms with Crippen molar-refractivity contribution in [1.82, 2.24) is 4.90 Å². The van der Waals surface area contributed by atoms with Crippen molar-refractivity contribution >= 4 is 11.4 Å². The molecule has 0 saturated carbocycles. The number of nitrogens with zero attached hydrogens (tertiary/aromatic N) is 4. The topological polar surface area (TPSA) is 120 Å². The van der Waals surface area contributed by atoms with E-state index in [-0.39, 0.29) is 24.5 Å². The molecule has 0 aliphatic heterocycles. The maximum atomic E-state index is 10.7. The summed E-state index contributed by atoms with van der Waals surface area (Å²) in [6.45, 7) is 0.472. The van der Waals surface area contributed by atoms with Crippen LogP contribution < -0.4 is 5.73 Å². The normalized spacial score (nSPS) is 9.72. The highest BCUT2D eigenvalue weighted by atomic mass is 16.6. The molecule has 0 bridgehead atoms. The van der Waals surface area contributed by atoms with Crippen LogP contribution in [-0.4, -0.2) is 22.9 Å². The smallest absolute Gasteiger partial charge is 0.292 e. The Morgan fingerprint density at radius 1 is 1.33 bits per heavy atom. The van der Waals surface area contributed by atoms with Gasteiger partial charge in [-0.15, -0.1) is 0 Å². The molecule has 0 spiro atoms. The van der Waals surface area contributed by atoms with Gasteiger partial charge in [-0.1, -0.05) is 6.07 Å². The van der Waals surface area contributed by atoms with Crippen LogP contribution in [-0.2, 0) is 6.54 Å². The first-order valence-corrected chi connectivity index (χ1v) is 5.07. The van der Waals surface area contributed by atoms with Crippen LogP contribution in [0.3, 0.4) is 0 Å². The summed E-state index contributed by atoms with van der Waals surface area (Å²) in [5, 5.41) is 27.9. The Morgan fingerprint density at radius 2 is 1.94 bits per heavy atom. The van der Waals surface area contributed by atoms with Gasteiger partial charge in [-0.25, -0.2) is 0 Å². The van der Waals surface area contributed by atoms with Crippen LogP contribution in [0.25, 0.3) is 0 Å². The molecule has 0 fully saturated rings. The average Bonchev–Trinajstić information content (AvgIpc) is 2.32. The van der Waals surface area contributed by atoms with Gasteiger partial charge in [0.25, 0.3) is 5.69 Å². The molecule has 0 saturated heterocycles. The van der Waals surface area contributed by atoms with Crippen molar-refractivity contribution in [3.63, 3.8) is 0 Å². The average molecular weight is 245 g/mol. The van der Waals surface area contributed by atoms with E-state index in [0.29, 0.717) is 12.1 Å². The van der Waals surface area contributed by atoms with Gasteiger partial charge in [-0.3, -0.25) is 15.0 Å². The molecule has 0 heterocycles. The van der Waals surface area contributed by atoms with Crippen LogP contribution in [0.4, 0.5) is 11.4 Å². The molecule has 1 rings (SSSR count). The minimum Gasteiger partial charge on any atom is -0.393 e. The lowest BCUT2D eigenvalue weighted by Gasteiger charge is -2.15. The number of benzene rings is 1. The van der Waals surface area contributed by atoms with Crippen LogP contribution in [0.1, 0.15) is 5.56 Å². The first-order chi connectivity index (χ1) is 8.58. The molecule has 0 aromatic heterocycles. The molecule has 0 atom stereocenters. The van der Waals surface area contributed by atoms with E-state index in [0.717, 1.165) is 0 Å². The van der Waals surface area contributed by atoms with Crippen LogP contribution in [0.5, 0.6) is 0 Å². The third-order valence-corrected chi connectivity index (χ3v) is 2.29.